The molecule has 0 aromatic heterocycles. The van der Waals surface area contributed by atoms with E-state index in [2.05, 4.69) is 24.5 Å². The molecule has 0 saturated heterocycles. The van der Waals surface area contributed by atoms with Crippen LogP contribution in [0.2, 0.25) is 5.02 Å². The van der Waals surface area contributed by atoms with Crippen LogP contribution < -0.4 is 20.1 Å². The first-order valence-corrected chi connectivity index (χ1v) is 8.46. The minimum absolute atomic E-state index is 0.117. The number of nitrogens with one attached hydrogen (secondary N) is 2. The highest BCUT2D eigenvalue weighted by Crippen LogP contribution is 2.27. The molecule has 0 aliphatic carbocycles. The third-order valence-corrected chi connectivity index (χ3v) is 3.63. The fourth-order valence-corrected chi connectivity index (χ4v) is 2.38. The van der Waals surface area contributed by atoms with Gasteiger partial charge in [0.05, 0.1) is 31.0 Å². The molecule has 2 rings (SSSR count). The van der Waals surface area contributed by atoms with Gasteiger partial charge in [0.1, 0.15) is 11.5 Å². The Morgan fingerprint density at radius 3 is 2.60 bits per heavy atom. The monoisotopic (exact) mass is 362 g/mol. The molecular formula is C19H23ClN2O3. The van der Waals surface area contributed by atoms with Gasteiger partial charge in [0.15, 0.2) is 0 Å². The van der Waals surface area contributed by atoms with Crippen molar-refractivity contribution in [3.05, 3.63) is 47.5 Å². The summed E-state index contributed by atoms with van der Waals surface area (Å²) >= 11 is 6.06. The van der Waals surface area contributed by atoms with Gasteiger partial charge < -0.3 is 20.1 Å². The van der Waals surface area contributed by atoms with Crippen LogP contribution >= 0.6 is 11.6 Å². The van der Waals surface area contributed by atoms with Gasteiger partial charge in [-0.1, -0.05) is 37.6 Å². The van der Waals surface area contributed by atoms with Crippen molar-refractivity contribution in [2.45, 2.75) is 13.8 Å². The average Bonchev–Trinajstić information content (AvgIpc) is 2.59. The van der Waals surface area contributed by atoms with Gasteiger partial charge in [-0.05, 0) is 36.2 Å². The van der Waals surface area contributed by atoms with Crippen LogP contribution in [0.15, 0.2) is 42.5 Å². The van der Waals surface area contributed by atoms with Gasteiger partial charge in [-0.15, -0.1) is 0 Å². The Bertz CT molecular complexity index is 720. The first-order valence-electron chi connectivity index (χ1n) is 8.08. The summed E-state index contributed by atoms with van der Waals surface area (Å²) in [6, 6.07) is 12.7. The Morgan fingerprint density at radius 1 is 1.16 bits per heavy atom. The van der Waals surface area contributed by atoms with Gasteiger partial charge in [0, 0.05) is 5.69 Å². The molecule has 6 heteroatoms. The fourth-order valence-electron chi connectivity index (χ4n) is 2.12. The number of ether oxygens (including phenoxy) is 2. The molecule has 25 heavy (non-hydrogen) atoms. The summed E-state index contributed by atoms with van der Waals surface area (Å²) in [5.41, 5.74) is 1.40. The number of hydrogen-bond donors (Lipinski definition) is 2. The molecule has 2 aromatic rings. The number of carbonyl (C=O) groups excluding carboxylic acids is 1. The van der Waals surface area contributed by atoms with E-state index in [-0.39, 0.29) is 12.5 Å². The largest absolute Gasteiger partial charge is 0.495 e. The summed E-state index contributed by atoms with van der Waals surface area (Å²) in [6.07, 6.45) is 0. The fraction of sp³-hybridized carbons (Fsp3) is 0.316. The lowest BCUT2D eigenvalue weighted by Gasteiger charge is -2.14. The summed E-state index contributed by atoms with van der Waals surface area (Å²) in [5.74, 6) is 1.54. The topological polar surface area (TPSA) is 59.6 Å². The SMILES string of the molecule is COc1ccc(NC(=O)CNc2ccccc2OCC(C)C)cc1Cl. The van der Waals surface area contributed by atoms with Crippen molar-refractivity contribution in [2.24, 2.45) is 5.92 Å². The van der Waals surface area contributed by atoms with Crippen molar-refractivity contribution in [3.8, 4) is 11.5 Å². The lowest BCUT2D eigenvalue weighted by atomic mass is 10.2. The standard InChI is InChI=1S/C19H23ClN2O3/c1-13(2)12-25-18-7-5-4-6-16(18)21-11-19(23)22-14-8-9-17(24-3)15(20)10-14/h4-10,13,21H,11-12H2,1-3H3,(H,22,23). The van der Waals surface area contributed by atoms with E-state index in [1.165, 1.54) is 0 Å². The highest BCUT2D eigenvalue weighted by molar-refractivity contribution is 6.32. The van der Waals surface area contributed by atoms with Crippen molar-refractivity contribution in [3.63, 3.8) is 0 Å². The molecule has 0 radical (unpaired) electrons. The molecule has 0 fully saturated rings. The Morgan fingerprint density at radius 2 is 1.92 bits per heavy atom. The minimum atomic E-state index is -0.181. The smallest absolute Gasteiger partial charge is 0.243 e. The number of halogens is 1. The van der Waals surface area contributed by atoms with E-state index in [1.807, 2.05) is 24.3 Å². The zero-order valence-corrected chi connectivity index (χ0v) is 15.4. The van der Waals surface area contributed by atoms with Gasteiger partial charge in [-0.25, -0.2) is 0 Å². The van der Waals surface area contributed by atoms with Crippen LogP contribution in [0.3, 0.4) is 0 Å². The van der Waals surface area contributed by atoms with E-state index in [0.29, 0.717) is 29.0 Å². The second kappa shape index (κ2) is 9.18. The third-order valence-electron chi connectivity index (χ3n) is 3.33. The van der Waals surface area contributed by atoms with Crippen LogP contribution in [0, 0.1) is 5.92 Å². The lowest BCUT2D eigenvalue weighted by Crippen LogP contribution is -2.22. The van der Waals surface area contributed by atoms with E-state index >= 15 is 0 Å². The van der Waals surface area contributed by atoms with Crippen LogP contribution in [0.5, 0.6) is 11.5 Å². The summed E-state index contributed by atoms with van der Waals surface area (Å²) in [6.45, 7) is 4.91. The molecule has 0 unspecified atom stereocenters. The van der Waals surface area contributed by atoms with E-state index in [0.717, 1.165) is 11.4 Å². The Labute approximate surface area is 153 Å². The molecule has 0 heterocycles. The molecule has 0 saturated carbocycles. The number of methoxy groups -OCH3 is 1. The van der Waals surface area contributed by atoms with Crippen LogP contribution in [0.1, 0.15) is 13.8 Å². The first-order chi connectivity index (χ1) is 12.0. The van der Waals surface area contributed by atoms with E-state index in [9.17, 15) is 4.79 Å². The highest BCUT2D eigenvalue weighted by Gasteiger charge is 2.08. The average molecular weight is 363 g/mol. The maximum atomic E-state index is 12.1. The lowest BCUT2D eigenvalue weighted by molar-refractivity contribution is -0.114. The second-order valence-corrected chi connectivity index (χ2v) is 6.36. The van der Waals surface area contributed by atoms with E-state index in [1.54, 1.807) is 25.3 Å². The molecule has 0 aliphatic rings. The first kappa shape index (κ1) is 18.9. The van der Waals surface area contributed by atoms with Crippen molar-refractivity contribution < 1.29 is 14.3 Å². The summed E-state index contributed by atoms with van der Waals surface area (Å²) in [4.78, 5) is 12.1. The van der Waals surface area contributed by atoms with Gasteiger partial charge in [-0.2, -0.15) is 0 Å². The zero-order chi connectivity index (χ0) is 18.2. The highest BCUT2D eigenvalue weighted by atomic mass is 35.5. The van der Waals surface area contributed by atoms with E-state index < -0.39 is 0 Å². The van der Waals surface area contributed by atoms with Crippen molar-refractivity contribution >= 4 is 28.9 Å². The Balaban J connectivity index is 1.93. The van der Waals surface area contributed by atoms with Crippen LogP contribution in [0.4, 0.5) is 11.4 Å². The Hall–Kier alpha value is -2.40. The second-order valence-electron chi connectivity index (χ2n) is 5.95. The van der Waals surface area contributed by atoms with Crippen LogP contribution in [0.25, 0.3) is 0 Å². The molecule has 134 valence electrons. The number of benzene rings is 2. The number of hydrogen-bond acceptors (Lipinski definition) is 4. The summed E-state index contributed by atoms with van der Waals surface area (Å²) in [7, 11) is 1.54. The molecule has 2 aromatic carbocycles. The normalized spacial score (nSPS) is 10.4. The van der Waals surface area contributed by atoms with Gasteiger partial charge in [0.2, 0.25) is 5.91 Å². The Kier molecular flexibility index (Phi) is 6.95. The predicted molar refractivity (Wildman–Crippen MR) is 102 cm³/mol. The number of rotatable bonds is 8. The maximum absolute atomic E-state index is 12.1. The van der Waals surface area contributed by atoms with Gasteiger partial charge >= 0.3 is 0 Å². The van der Waals surface area contributed by atoms with Crippen LogP contribution in [-0.2, 0) is 4.79 Å². The van der Waals surface area contributed by atoms with Gasteiger partial charge in [0.25, 0.3) is 0 Å². The number of anilines is 2. The third kappa shape index (κ3) is 5.87. The molecule has 0 aliphatic heterocycles. The molecule has 0 bridgehead atoms. The number of para-hydroxylation sites is 2. The van der Waals surface area contributed by atoms with Gasteiger partial charge in [-0.3, -0.25) is 4.79 Å². The van der Waals surface area contributed by atoms with Crippen LogP contribution in [-0.4, -0.2) is 26.2 Å². The molecule has 1 amide bonds. The molecule has 0 spiro atoms. The van der Waals surface area contributed by atoms with Crippen molar-refractivity contribution in [2.75, 3.05) is 30.9 Å². The molecule has 2 N–H and O–H groups in total. The zero-order valence-electron chi connectivity index (χ0n) is 14.6. The number of carbonyl (C=O) groups is 1. The van der Waals surface area contributed by atoms with Crippen molar-refractivity contribution in [1.82, 2.24) is 0 Å². The predicted octanol–water partition coefficient (Wildman–Crippen LogP) is 4.43. The summed E-state index contributed by atoms with van der Waals surface area (Å²) in [5, 5.41) is 6.34. The molecule has 0 atom stereocenters. The van der Waals surface area contributed by atoms with E-state index in [4.69, 9.17) is 21.1 Å². The summed E-state index contributed by atoms with van der Waals surface area (Å²) < 4.78 is 10.9. The molecule has 5 nitrogen and oxygen atoms in total. The maximum Gasteiger partial charge on any atom is 0.243 e. The minimum Gasteiger partial charge on any atom is -0.495 e. The molecular weight excluding hydrogens is 340 g/mol. The number of amides is 1. The van der Waals surface area contributed by atoms with Crippen molar-refractivity contribution in [1.29, 1.82) is 0 Å². The quantitative estimate of drug-likeness (QED) is 0.729.